The molecule has 108 valence electrons. The van der Waals surface area contributed by atoms with Crippen molar-refractivity contribution in [1.29, 1.82) is 0 Å². The van der Waals surface area contributed by atoms with Gasteiger partial charge in [-0.25, -0.2) is 4.39 Å². The minimum Gasteiger partial charge on any atom is -0.497 e. The van der Waals surface area contributed by atoms with Crippen molar-refractivity contribution in [2.24, 2.45) is 0 Å². The number of aromatic nitrogens is 2. The second-order valence-corrected chi connectivity index (χ2v) is 6.01. The molecule has 0 fully saturated rings. The van der Waals surface area contributed by atoms with E-state index in [1.165, 1.54) is 6.07 Å². The molecule has 1 aromatic heterocycles. The summed E-state index contributed by atoms with van der Waals surface area (Å²) in [6.45, 7) is 0. The minimum absolute atomic E-state index is 0.0456. The number of rotatable bonds is 2. The van der Waals surface area contributed by atoms with Gasteiger partial charge in [0.2, 0.25) is 0 Å². The van der Waals surface area contributed by atoms with Crippen LogP contribution in [0.1, 0.15) is 0 Å². The van der Waals surface area contributed by atoms with Crippen molar-refractivity contribution in [3.8, 4) is 11.4 Å². The highest BCUT2D eigenvalue weighted by molar-refractivity contribution is 9.10. The van der Waals surface area contributed by atoms with Crippen molar-refractivity contribution in [2.45, 2.75) is 0 Å². The Labute approximate surface area is 138 Å². The van der Waals surface area contributed by atoms with Gasteiger partial charge in [0.25, 0.3) is 0 Å². The second kappa shape index (κ2) is 5.44. The van der Waals surface area contributed by atoms with Gasteiger partial charge >= 0.3 is 0 Å². The minimum atomic E-state index is -0.489. The normalized spacial score (nSPS) is 11.0. The summed E-state index contributed by atoms with van der Waals surface area (Å²) in [5, 5.41) is 0.0456. The Balaban J connectivity index is 2.37. The van der Waals surface area contributed by atoms with E-state index in [4.69, 9.17) is 28.6 Å². The third-order valence-electron chi connectivity index (χ3n) is 3.12. The number of aromatic amines is 1. The average molecular weight is 388 g/mol. The topological polar surface area (TPSA) is 29.9 Å². The molecule has 0 spiro atoms. The van der Waals surface area contributed by atoms with Crippen LogP contribution in [-0.2, 0) is 0 Å². The van der Waals surface area contributed by atoms with E-state index < -0.39 is 5.82 Å². The number of H-pyrrole nitrogens is 1. The van der Waals surface area contributed by atoms with Gasteiger partial charge in [-0.15, -0.1) is 0 Å². The van der Waals surface area contributed by atoms with Gasteiger partial charge in [-0.1, -0.05) is 11.6 Å². The number of fused-ring (bicyclic) bond motifs is 1. The number of halogens is 3. The van der Waals surface area contributed by atoms with Crippen molar-refractivity contribution in [3.63, 3.8) is 0 Å². The maximum Gasteiger partial charge on any atom is 0.182 e. The van der Waals surface area contributed by atoms with Gasteiger partial charge in [0, 0.05) is 16.6 Å². The van der Waals surface area contributed by atoms with Gasteiger partial charge < -0.3 is 9.72 Å². The Hall–Kier alpha value is -1.37. The predicted octanol–water partition coefficient (Wildman–Crippen LogP) is 5.25. The molecule has 0 atom stereocenters. The molecular weight excluding hydrogens is 379 g/mol. The summed E-state index contributed by atoms with van der Waals surface area (Å²) in [6.07, 6.45) is 0. The van der Waals surface area contributed by atoms with Gasteiger partial charge in [-0.2, -0.15) is 0 Å². The molecule has 3 aromatic rings. The maximum absolute atomic E-state index is 13.6. The first-order valence-electron chi connectivity index (χ1n) is 5.95. The fraction of sp³-hybridized carbons (Fsp3) is 0.0714. The van der Waals surface area contributed by atoms with Crippen molar-refractivity contribution in [2.75, 3.05) is 7.11 Å². The van der Waals surface area contributed by atoms with Crippen LogP contribution in [0.3, 0.4) is 0 Å². The molecular formula is C14H9BrClFN2OS. The molecule has 1 N–H and O–H groups in total. The molecule has 0 amide bonds. The molecule has 0 saturated heterocycles. The monoisotopic (exact) mass is 386 g/mol. The molecule has 0 bridgehead atoms. The Morgan fingerprint density at radius 2 is 2.10 bits per heavy atom. The van der Waals surface area contributed by atoms with E-state index in [1.807, 2.05) is 18.2 Å². The quantitative estimate of drug-likeness (QED) is 0.609. The Morgan fingerprint density at radius 3 is 2.81 bits per heavy atom. The largest absolute Gasteiger partial charge is 0.497 e. The van der Waals surface area contributed by atoms with Crippen LogP contribution in [0.25, 0.3) is 16.7 Å². The zero-order chi connectivity index (χ0) is 15.1. The van der Waals surface area contributed by atoms with Gasteiger partial charge in [0.1, 0.15) is 11.6 Å². The summed E-state index contributed by atoms with van der Waals surface area (Å²) < 4.78 is 21.9. The van der Waals surface area contributed by atoms with E-state index in [2.05, 4.69) is 20.9 Å². The second-order valence-electron chi connectivity index (χ2n) is 4.37. The summed E-state index contributed by atoms with van der Waals surface area (Å²) >= 11 is 14.7. The van der Waals surface area contributed by atoms with E-state index in [0.717, 1.165) is 10.2 Å². The lowest BCUT2D eigenvalue weighted by Crippen LogP contribution is -1.96. The summed E-state index contributed by atoms with van der Waals surface area (Å²) in [4.78, 5) is 2.98. The first-order valence-corrected chi connectivity index (χ1v) is 7.53. The summed E-state index contributed by atoms with van der Waals surface area (Å²) in [5.41, 5.74) is 2.06. The smallest absolute Gasteiger partial charge is 0.182 e. The number of imidazole rings is 1. The third-order valence-corrected chi connectivity index (χ3v) is 4.36. The van der Waals surface area contributed by atoms with E-state index >= 15 is 0 Å². The lowest BCUT2D eigenvalue weighted by molar-refractivity contribution is 0.414. The summed E-state index contributed by atoms with van der Waals surface area (Å²) in [6, 6.07) is 8.41. The lowest BCUT2D eigenvalue weighted by Gasteiger charge is -2.09. The van der Waals surface area contributed by atoms with Crippen molar-refractivity contribution in [1.82, 2.24) is 9.55 Å². The first-order chi connectivity index (χ1) is 10.0. The molecule has 0 aliphatic heterocycles. The van der Waals surface area contributed by atoms with Crippen LogP contribution in [0, 0.1) is 10.6 Å². The van der Waals surface area contributed by atoms with Crippen molar-refractivity contribution >= 4 is 50.8 Å². The van der Waals surface area contributed by atoms with Crippen molar-refractivity contribution in [3.05, 3.63) is 50.4 Å². The fourth-order valence-corrected chi connectivity index (χ4v) is 3.02. The highest BCUT2D eigenvalue weighted by Crippen LogP contribution is 2.31. The Bertz CT molecular complexity index is 906. The first kappa shape index (κ1) is 14.6. The van der Waals surface area contributed by atoms with Crippen LogP contribution >= 0.6 is 39.7 Å². The number of benzene rings is 2. The van der Waals surface area contributed by atoms with Crippen LogP contribution in [-0.4, -0.2) is 16.7 Å². The van der Waals surface area contributed by atoms with Gasteiger partial charge in [0.05, 0.1) is 28.9 Å². The van der Waals surface area contributed by atoms with E-state index in [9.17, 15) is 4.39 Å². The van der Waals surface area contributed by atoms with Crippen LogP contribution in [0.4, 0.5) is 4.39 Å². The molecule has 0 radical (unpaired) electrons. The zero-order valence-corrected chi connectivity index (χ0v) is 13.9. The molecule has 21 heavy (non-hydrogen) atoms. The van der Waals surface area contributed by atoms with E-state index in [1.54, 1.807) is 17.7 Å². The van der Waals surface area contributed by atoms with Gasteiger partial charge in [-0.3, -0.25) is 4.57 Å². The number of methoxy groups -OCH3 is 1. The maximum atomic E-state index is 13.6. The molecule has 0 saturated carbocycles. The molecule has 0 aliphatic carbocycles. The lowest BCUT2D eigenvalue weighted by atomic mass is 10.2. The molecule has 0 unspecified atom stereocenters. The average Bonchev–Trinajstić information content (AvgIpc) is 2.75. The Morgan fingerprint density at radius 1 is 1.33 bits per heavy atom. The fourth-order valence-electron chi connectivity index (χ4n) is 2.13. The molecule has 2 aromatic carbocycles. The Kier molecular flexibility index (Phi) is 3.77. The SMILES string of the molecule is COc1ccc(Br)c(-n2c(=S)[nH]c3cc(F)c(Cl)cc32)c1. The van der Waals surface area contributed by atoms with E-state index in [-0.39, 0.29) is 5.02 Å². The standard InChI is InChI=1S/C14H9BrClFN2OS/c1-20-7-2-3-8(15)12(4-7)19-13-5-9(16)10(17)6-11(13)18-14(19)21/h2-6H,1H3,(H,18,21). The van der Waals surface area contributed by atoms with Crippen LogP contribution < -0.4 is 4.74 Å². The van der Waals surface area contributed by atoms with E-state index in [0.29, 0.717) is 21.6 Å². The highest BCUT2D eigenvalue weighted by atomic mass is 79.9. The number of nitrogens with zero attached hydrogens (tertiary/aromatic N) is 1. The van der Waals surface area contributed by atoms with Crippen LogP contribution in [0.2, 0.25) is 5.02 Å². The molecule has 3 rings (SSSR count). The molecule has 0 aliphatic rings. The van der Waals surface area contributed by atoms with Crippen molar-refractivity contribution < 1.29 is 9.13 Å². The highest BCUT2D eigenvalue weighted by Gasteiger charge is 2.13. The third kappa shape index (κ3) is 2.47. The molecule has 7 heteroatoms. The van der Waals surface area contributed by atoms with Gasteiger partial charge in [-0.05, 0) is 46.3 Å². The van der Waals surface area contributed by atoms with Crippen LogP contribution in [0.5, 0.6) is 5.75 Å². The number of hydrogen-bond acceptors (Lipinski definition) is 2. The van der Waals surface area contributed by atoms with Crippen LogP contribution in [0.15, 0.2) is 34.8 Å². The summed E-state index contributed by atoms with van der Waals surface area (Å²) in [5.74, 6) is 0.204. The molecule has 3 nitrogen and oxygen atoms in total. The predicted molar refractivity (Wildman–Crippen MR) is 87.7 cm³/mol. The number of hydrogen-bond donors (Lipinski definition) is 1. The zero-order valence-electron chi connectivity index (χ0n) is 10.8. The number of ether oxygens (including phenoxy) is 1. The summed E-state index contributed by atoms with van der Waals surface area (Å²) in [7, 11) is 1.59. The number of nitrogens with one attached hydrogen (secondary N) is 1. The van der Waals surface area contributed by atoms with Gasteiger partial charge in [0.15, 0.2) is 4.77 Å². The molecule has 1 heterocycles.